The van der Waals surface area contributed by atoms with Crippen molar-refractivity contribution in [2.75, 3.05) is 26.7 Å². The molecule has 140 valence electrons. The number of hydrogen-bond donors (Lipinski definition) is 2. The Hall–Kier alpha value is -1.89. The molecule has 0 aromatic heterocycles. The van der Waals surface area contributed by atoms with E-state index in [2.05, 4.69) is 32.2 Å². The second kappa shape index (κ2) is 10.2. The van der Waals surface area contributed by atoms with Gasteiger partial charge in [-0.15, -0.1) is 0 Å². The number of piperidine rings is 1. The third kappa shape index (κ3) is 6.49. The van der Waals surface area contributed by atoms with Crippen LogP contribution in [0.5, 0.6) is 5.75 Å². The van der Waals surface area contributed by atoms with Crippen molar-refractivity contribution >= 4 is 5.96 Å². The van der Waals surface area contributed by atoms with Crippen LogP contribution in [0, 0.1) is 0 Å². The maximum atomic E-state index is 12.5. The van der Waals surface area contributed by atoms with Crippen LogP contribution in [-0.4, -0.2) is 50.2 Å². The molecule has 0 bridgehead atoms. The maximum absolute atomic E-state index is 12.5. The van der Waals surface area contributed by atoms with E-state index in [0.717, 1.165) is 19.6 Å². The van der Waals surface area contributed by atoms with Crippen molar-refractivity contribution < 1.29 is 13.5 Å². The van der Waals surface area contributed by atoms with Gasteiger partial charge < -0.3 is 15.4 Å². The summed E-state index contributed by atoms with van der Waals surface area (Å²) in [5.74, 6) is 0.833. The summed E-state index contributed by atoms with van der Waals surface area (Å²) in [5, 5.41) is 6.42. The van der Waals surface area contributed by atoms with Gasteiger partial charge in [-0.25, -0.2) is 0 Å². The fourth-order valence-electron chi connectivity index (χ4n) is 3.07. The lowest BCUT2D eigenvalue weighted by Crippen LogP contribution is -2.45. The molecule has 25 heavy (non-hydrogen) atoms. The summed E-state index contributed by atoms with van der Waals surface area (Å²) in [7, 11) is 1.69. The molecule has 1 aromatic carbocycles. The molecule has 5 nitrogen and oxygen atoms in total. The highest BCUT2D eigenvalue weighted by Crippen LogP contribution is 2.20. The Morgan fingerprint density at radius 3 is 2.84 bits per heavy atom. The Bertz CT molecular complexity index is 554. The Morgan fingerprint density at radius 1 is 1.32 bits per heavy atom. The standard InChI is InChI=1S/C18H28F2N4O/c1-14-7-5-6-11-24(14)12-10-22-18(21-2)23-13-15-8-3-4-9-16(15)25-17(19)20/h3-4,8-9,14,17H,5-7,10-13H2,1-2H3,(H2,21,22,23). The van der Waals surface area contributed by atoms with Gasteiger partial charge in [0.25, 0.3) is 0 Å². The molecule has 0 amide bonds. The van der Waals surface area contributed by atoms with Crippen LogP contribution in [0.2, 0.25) is 0 Å². The van der Waals surface area contributed by atoms with Crippen LogP contribution in [0.15, 0.2) is 29.3 Å². The quantitative estimate of drug-likeness (QED) is 0.584. The summed E-state index contributed by atoms with van der Waals surface area (Å²) in [6.45, 7) is 2.71. The molecule has 1 aliphatic heterocycles. The zero-order valence-electron chi connectivity index (χ0n) is 15.0. The molecule has 1 heterocycles. The number of likely N-dealkylation sites (tertiary alicyclic amines) is 1. The predicted molar refractivity (Wildman–Crippen MR) is 96.2 cm³/mol. The number of hydrogen-bond acceptors (Lipinski definition) is 3. The monoisotopic (exact) mass is 354 g/mol. The number of aliphatic imine (C=N–C) groups is 1. The Balaban J connectivity index is 1.78. The minimum absolute atomic E-state index is 0.183. The van der Waals surface area contributed by atoms with Crippen molar-refractivity contribution in [1.29, 1.82) is 0 Å². The number of benzene rings is 1. The van der Waals surface area contributed by atoms with E-state index in [4.69, 9.17) is 0 Å². The first-order valence-electron chi connectivity index (χ1n) is 8.81. The van der Waals surface area contributed by atoms with Crippen molar-refractivity contribution in [1.82, 2.24) is 15.5 Å². The molecule has 0 radical (unpaired) electrons. The van der Waals surface area contributed by atoms with Crippen LogP contribution in [-0.2, 0) is 6.54 Å². The first-order valence-corrected chi connectivity index (χ1v) is 8.81. The van der Waals surface area contributed by atoms with Gasteiger partial charge in [-0.2, -0.15) is 8.78 Å². The van der Waals surface area contributed by atoms with Crippen molar-refractivity contribution in [3.63, 3.8) is 0 Å². The normalized spacial score (nSPS) is 19.1. The molecule has 0 aliphatic carbocycles. The zero-order chi connectivity index (χ0) is 18.1. The molecular weight excluding hydrogens is 326 g/mol. The van der Waals surface area contributed by atoms with Crippen molar-refractivity contribution in [2.45, 2.75) is 45.4 Å². The molecule has 1 aliphatic rings. The first-order chi connectivity index (χ1) is 12.1. The van der Waals surface area contributed by atoms with Gasteiger partial charge >= 0.3 is 6.61 Å². The molecule has 0 saturated carbocycles. The molecule has 2 N–H and O–H groups in total. The molecule has 1 atom stereocenters. The molecule has 1 saturated heterocycles. The number of rotatable bonds is 7. The van der Waals surface area contributed by atoms with Crippen LogP contribution >= 0.6 is 0 Å². The second-order valence-electron chi connectivity index (χ2n) is 6.22. The van der Waals surface area contributed by atoms with Gasteiger partial charge in [0.15, 0.2) is 5.96 Å². The molecule has 0 spiro atoms. The topological polar surface area (TPSA) is 48.9 Å². The van der Waals surface area contributed by atoms with E-state index >= 15 is 0 Å². The van der Waals surface area contributed by atoms with Gasteiger partial charge in [-0.05, 0) is 32.4 Å². The van der Waals surface area contributed by atoms with Crippen LogP contribution in [0.3, 0.4) is 0 Å². The lowest BCUT2D eigenvalue weighted by Gasteiger charge is -2.33. The van der Waals surface area contributed by atoms with Gasteiger partial charge in [0.05, 0.1) is 0 Å². The van der Waals surface area contributed by atoms with E-state index in [1.54, 1.807) is 25.2 Å². The highest BCUT2D eigenvalue weighted by molar-refractivity contribution is 5.79. The smallest absolute Gasteiger partial charge is 0.387 e. The lowest BCUT2D eigenvalue weighted by atomic mass is 10.0. The molecule has 1 unspecified atom stereocenters. The molecule has 2 rings (SSSR count). The van der Waals surface area contributed by atoms with Crippen LogP contribution < -0.4 is 15.4 Å². The number of guanidine groups is 1. The van der Waals surface area contributed by atoms with Gasteiger partial charge in [-0.1, -0.05) is 24.6 Å². The molecule has 7 heteroatoms. The van der Waals surface area contributed by atoms with Crippen LogP contribution in [0.4, 0.5) is 8.78 Å². The summed E-state index contributed by atoms with van der Waals surface area (Å²) in [6.07, 6.45) is 3.83. The van der Waals surface area contributed by atoms with Gasteiger partial charge in [0.2, 0.25) is 0 Å². The second-order valence-corrected chi connectivity index (χ2v) is 6.22. The average molecular weight is 354 g/mol. The predicted octanol–water partition coefficient (Wildman–Crippen LogP) is 2.83. The summed E-state index contributed by atoms with van der Waals surface area (Å²) >= 11 is 0. The van der Waals surface area contributed by atoms with E-state index in [0.29, 0.717) is 24.1 Å². The largest absolute Gasteiger partial charge is 0.434 e. The summed E-state index contributed by atoms with van der Waals surface area (Å²) < 4.78 is 29.5. The lowest BCUT2D eigenvalue weighted by molar-refractivity contribution is -0.0504. The van der Waals surface area contributed by atoms with Gasteiger partial charge in [0.1, 0.15) is 5.75 Å². The molecular formula is C18H28F2N4O. The van der Waals surface area contributed by atoms with Crippen molar-refractivity contribution in [2.24, 2.45) is 4.99 Å². The molecule has 1 aromatic rings. The summed E-state index contributed by atoms with van der Waals surface area (Å²) in [5.41, 5.74) is 0.662. The summed E-state index contributed by atoms with van der Waals surface area (Å²) in [6, 6.07) is 7.39. The Labute approximate surface area is 148 Å². The van der Waals surface area contributed by atoms with E-state index < -0.39 is 6.61 Å². The number of para-hydroxylation sites is 1. The zero-order valence-corrected chi connectivity index (χ0v) is 15.0. The minimum atomic E-state index is -2.83. The van der Waals surface area contributed by atoms with Gasteiger partial charge in [0, 0.05) is 38.3 Å². The number of alkyl halides is 2. The van der Waals surface area contributed by atoms with E-state index in [1.807, 2.05) is 0 Å². The van der Waals surface area contributed by atoms with E-state index in [-0.39, 0.29) is 5.75 Å². The Kier molecular flexibility index (Phi) is 7.91. The Morgan fingerprint density at radius 2 is 2.12 bits per heavy atom. The third-order valence-corrected chi connectivity index (χ3v) is 4.49. The number of halogens is 2. The molecule has 1 fully saturated rings. The fraction of sp³-hybridized carbons (Fsp3) is 0.611. The van der Waals surface area contributed by atoms with Crippen molar-refractivity contribution in [3.8, 4) is 5.75 Å². The van der Waals surface area contributed by atoms with Crippen molar-refractivity contribution in [3.05, 3.63) is 29.8 Å². The number of ether oxygens (including phenoxy) is 1. The number of nitrogens with one attached hydrogen (secondary N) is 2. The summed E-state index contributed by atoms with van der Waals surface area (Å²) in [4.78, 5) is 6.66. The van der Waals surface area contributed by atoms with E-state index in [1.165, 1.54) is 25.3 Å². The average Bonchev–Trinajstić information content (AvgIpc) is 2.60. The van der Waals surface area contributed by atoms with E-state index in [9.17, 15) is 8.78 Å². The van der Waals surface area contributed by atoms with Crippen LogP contribution in [0.25, 0.3) is 0 Å². The first kappa shape index (κ1) is 19.4. The number of nitrogens with zero attached hydrogens (tertiary/aromatic N) is 2. The highest BCUT2D eigenvalue weighted by Gasteiger charge is 2.17. The third-order valence-electron chi connectivity index (χ3n) is 4.49. The SMILES string of the molecule is CN=C(NCCN1CCCCC1C)NCc1ccccc1OC(F)F. The van der Waals surface area contributed by atoms with Gasteiger partial charge in [-0.3, -0.25) is 9.89 Å². The van der Waals surface area contributed by atoms with Crippen LogP contribution in [0.1, 0.15) is 31.7 Å². The maximum Gasteiger partial charge on any atom is 0.387 e. The highest BCUT2D eigenvalue weighted by atomic mass is 19.3. The minimum Gasteiger partial charge on any atom is -0.434 e. The fourth-order valence-corrected chi connectivity index (χ4v) is 3.07.